The molecule has 0 aromatic heterocycles. The second-order valence-electron chi connectivity index (χ2n) is 3.88. The number of carboxylic acid groups (broad SMARTS) is 1. The SMILES string of the molecule is CC(=O)NC(C)C(=O)Nc1c(Cl)cccc1C(=O)O. The maximum absolute atomic E-state index is 11.8. The Bertz CT molecular complexity index is 530. The zero-order chi connectivity index (χ0) is 14.6. The molecule has 0 radical (unpaired) electrons. The number of carbonyl (C=O) groups is 3. The number of hydrogen-bond acceptors (Lipinski definition) is 3. The van der Waals surface area contributed by atoms with Crippen LogP contribution in [0.5, 0.6) is 0 Å². The summed E-state index contributed by atoms with van der Waals surface area (Å²) in [7, 11) is 0. The quantitative estimate of drug-likeness (QED) is 0.781. The molecule has 1 rings (SSSR count). The van der Waals surface area contributed by atoms with Crippen LogP contribution in [0, 0.1) is 0 Å². The fraction of sp³-hybridized carbons (Fsp3) is 0.250. The third-order valence-electron chi connectivity index (χ3n) is 2.31. The highest BCUT2D eigenvalue weighted by Crippen LogP contribution is 2.26. The topological polar surface area (TPSA) is 95.5 Å². The predicted octanol–water partition coefficient (Wildman–Crippen LogP) is 1.50. The average molecular weight is 285 g/mol. The van der Waals surface area contributed by atoms with E-state index >= 15 is 0 Å². The molecule has 102 valence electrons. The predicted molar refractivity (Wildman–Crippen MR) is 70.3 cm³/mol. The van der Waals surface area contributed by atoms with Crippen molar-refractivity contribution < 1.29 is 19.5 Å². The molecule has 0 aliphatic heterocycles. The van der Waals surface area contributed by atoms with Gasteiger partial charge in [0, 0.05) is 6.92 Å². The van der Waals surface area contributed by atoms with Crippen LogP contribution < -0.4 is 10.6 Å². The van der Waals surface area contributed by atoms with Crippen molar-refractivity contribution in [1.29, 1.82) is 0 Å². The van der Waals surface area contributed by atoms with Gasteiger partial charge in [-0.05, 0) is 19.1 Å². The molecule has 3 N–H and O–H groups in total. The Hall–Kier alpha value is -2.08. The van der Waals surface area contributed by atoms with Crippen molar-refractivity contribution in [2.45, 2.75) is 19.9 Å². The monoisotopic (exact) mass is 284 g/mol. The minimum absolute atomic E-state index is 0.0128. The first-order valence-corrected chi connectivity index (χ1v) is 5.80. The maximum atomic E-state index is 11.8. The van der Waals surface area contributed by atoms with Crippen LogP contribution in [0.1, 0.15) is 24.2 Å². The van der Waals surface area contributed by atoms with Crippen LogP contribution >= 0.6 is 11.6 Å². The first-order valence-electron chi connectivity index (χ1n) is 5.42. The second kappa shape index (κ2) is 6.19. The Morgan fingerprint density at radius 1 is 1.32 bits per heavy atom. The van der Waals surface area contributed by atoms with Gasteiger partial charge in [-0.2, -0.15) is 0 Å². The molecule has 0 saturated heterocycles. The van der Waals surface area contributed by atoms with Gasteiger partial charge >= 0.3 is 5.97 Å². The molecular weight excluding hydrogens is 272 g/mol. The summed E-state index contributed by atoms with van der Waals surface area (Å²) >= 11 is 5.86. The third kappa shape index (κ3) is 3.96. The van der Waals surface area contributed by atoms with Crippen molar-refractivity contribution in [3.8, 4) is 0 Å². The number of anilines is 1. The number of aromatic carboxylic acids is 1. The van der Waals surface area contributed by atoms with Crippen molar-refractivity contribution in [2.75, 3.05) is 5.32 Å². The van der Waals surface area contributed by atoms with Crippen LogP contribution in [0.3, 0.4) is 0 Å². The molecule has 0 bridgehead atoms. The first kappa shape index (κ1) is 15.0. The summed E-state index contributed by atoms with van der Waals surface area (Å²) in [5.41, 5.74) is -0.102. The van der Waals surface area contributed by atoms with Crippen molar-refractivity contribution in [1.82, 2.24) is 5.32 Å². The largest absolute Gasteiger partial charge is 0.478 e. The van der Waals surface area contributed by atoms with E-state index in [4.69, 9.17) is 16.7 Å². The lowest BCUT2D eigenvalue weighted by Gasteiger charge is -2.15. The van der Waals surface area contributed by atoms with Crippen molar-refractivity contribution in [2.24, 2.45) is 0 Å². The highest BCUT2D eigenvalue weighted by molar-refractivity contribution is 6.34. The van der Waals surface area contributed by atoms with Crippen LogP contribution in [0.2, 0.25) is 5.02 Å². The summed E-state index contributed by atoms with van der Waals surface area (Å²) in [6.45, 7) is 2.76. The summed E-state index contributed by atoms with van der Waals surface area (Å²) in [5.74, 6) is -2.11. The molecule has 0 aliphatic carbocycles. The van der Waals surface area contributed by atoms with Gasteiger partial charge in [-0.1, -0.05) is 17.7 Å². The second-order valence-corrected chi connectivity index (χ2v) is 4.29. The van der Waals surface area contributed by atoms with Crippen LogP contribution in [0.25, 0.3) is 0 Å². The molecule has 0 saturated carbocycles. The van der Waals surface area contributed by atoms with E-state index in [1.165, 1.54) is 32.0 Å². The molecule has 1 atom stereocenters. The molecule has 7 heteroatoms. The average Bonchev–Trinajstić information content (AvgIpc) is 2.30. The Labute approximate surface area is 114 Å². The first-order chi connectivity index (χ1) is 8.82. The normalized spacial score (nSPS) is 11.5. The minimum atomic E-state index is -1.20. The van der Waals surface area contributed by atoms with E-state index in [2.05, 4.69) is 10.6 Å². The van der Waals surface area contributed by atoms with E-state index in [1.54, 1.807) is 0 Å². The number of hydrogen-bond donors (Lipinski definition) is 3. The molecule has 1 aromatic rings. The number of halogens is 1. The van der Waals surface area contributed by atoms with Crippen LogP contribution in [0.15, 0.2) is 18.2 Å². The molecule has 19 heavy (non-hydrogen) atoms. The standard InChI is InChI=1S/C12H13ClN2O4/c1-6(14-7(2)16)11(17)15-10-8(12(18)19)4-3-5-9(10)13/h3-6H,1-2H3,(H,14,16)(H,15,17)(H,18,19). The molecule has 0 fully saturated rings. The van der Waals surface area contributed by atoms with E-state index in [0.29, 0.717) is 0 Å². The fourth-order valence-corrected chi connectivity index (χ4v) is 1.65. The maximum Gasteiger partial charge on any atom is 0.337 e. The Morgan fingerprint density at radius 3 is 2.47 bits per heavy atom. The highest BCUT2D eigenvalue weighted by atomic mass is 35.5. The number of rotatable bonds is 4. The summed E-state index contributed by atoms with van der Waals surface area (Å²) in [6.07, 6.45) is 0. The van der Waals surface area contributed by atoms with Crippen molar-refractivity contribution in [3.63, 3.8) is 0 Å². The summed E-state index contributed by atoms with van der Waals surface area (Å²) in [5, 5.41) is 13.9. The summed E-state index contributed by atoms with van der Waals surface area (Å²) in [4.78, 5) is 33.7. The molecule has 2 amide bonds. The van der Waals surface area contributed by atoms with Crippen LogP contribution in [-0.4, -0.2) is 28.9 Å². The van der Waals surface area contributed by atoms with Crippen LogP contribution in [0.4, 0.5) is 5.69 Å². The minimum Gasteiger partial charge on any atom is -0.478 e. The molecule has 1 aromatic carbocycles. The Kier molecular flexibility index (Phi) is 4.88. The van der Waals surface area contributed by atoms with Gasteiger partial charge in [0.15, 0.2) is 0 Å². The molecule has 6 nitrogen and oxygen atoms in total. The van der Waals surface area contributed by atoms with Crippen LogP contribution in [-0.2, 0) is 9.59 Å². The van der Waals surface area contributed by atoms with Gasteiger partial charge in [-0.25, -0.2) is 4.79 Å². The number of nitrogens with one attached hydrogen (secondary N) is 2. The molecule has 1 unspecified atom stereocenters. The molecule has 0 heterocycles. The Balaban J connectivity index is 2.96. The van der Waals surface area contributed by atoms with Gasteiger partial charge in [0.25, 0.3) is 0 Å². The Morgan fingerprint density at radius 2 is 1.95 bits per heavy atom. The zero-order valence-corrected chi connectivity index (χ0v) is 11.1. The number of carboxylic acids is 1. The number of para-hydroxylation sites is 1. The van der Waals surface area contributed by atoms with E-state index in [9.17, 15) is 14.4 Å². The third-order valence-corrected chi connectivity index (χ3v) is 2.62. The van der Waals surface area contributed by atoms with Gasteiger partial charge in [-0.3, -0.25) is 9.59 Å². The molecule has 0 aliphatic rings. The lowest BCUT2D eigenvalue weighted by atomic mass is 10.1. The molecule has 0 spiro atoms. The van der Waals surface area contributed by atoms with Crippen molar-refractivity contribution in [3.05, 3.63) is 28.8 Å². The van der Waals surface area contributed by atoms with Gasteiger partial charge in [0.2, 0.25) is 11.8 Å². The summed E-state index contributed by atoms with van der Waals surface area (Å²) < 4.78 is 0. The molecular formula is C12H13ClN2O4. The van der Waals surface area contributed by atoms with Gasteiger partial charge in [0.1, 0.15) is 6.04 Å². The van der Waals surface area contributed by atoms with Gasteiger partial charge in [0.05, 0.1) is 16.3 Å². The van der Waals surface area contributed by atoms with E-state index in [1.807, 2.05) is 0 Å². The lowest BCUT2D eigenvalue weighted by Crippen LogP contribution is -2.40. The van der Waals surface area contributed by atoms with E-state index in [0.717, 1.165) is 0 Å². The zero-order valence-electron chi connectivity index (χ0n) is 10.4. The lowest BCUT2D eigenvalue weighted by molar-refractivity contribution is -0.124. The van der Waals surface area contributed by atoms with E-state index in [-0.39, 0.29) is 22.2 Å². The van der Waals surface area contributed by atoms with Gasteiger partial charge in [-0.15, -0.1) is 0 Å². The van der Waals surface area contributed by atoms with Gasteiger partial charge < -0.3 is 15.7 Å². The fourth-order valence-electron chi connectivity index (χ4n) is 1.43. The number of amides is 2. The highest BCUT2D eigenvalue weighted by Gasteiger charge is 2.19. The van der Waals surface area contributed by atoms with Crippen molar-refractivity contribution >= 4 is 35.1 Å². The van der Waals surface area contributed by atoms with E-state index < -0.39 is 17.9 Å². The smallest absolute Gasteiger partial charge is 0.337 e. The number of carbonyl (C=O) groups excluding carboxylic acids is 2. The summed E-state index contributed by atoms with van der Waals surface area (Å²) in [6, 6.07) is 3.47. The number of benzene rings is 1.